The lowest BCUT2D eigenvalue weighted by atomic mass is 10.1. The molecular weight excluding hydrogens is 388 g/mol. The fourth-order valence-electron chi connectivity index (χ4n) is 2.52. The minimum Gasteiger partial charge on any atom is -0.330 e. The van der Waals surface area contributed by atoms with Gasteiger partial charge in [0.25, 0.3) is 5.56 Å². The third kappa shape index (κ3) is 2.59. The summed E-state index contributed by atoms with van der Waals surface area (Å²) in [6.07, 6.45) is 0. The summed E-state index contributed by atoms with van der Waals surface area (Å²) in [6.45, 7) is 4.07. The van der Waals surface area contributed by atoms with E-state index < -0.39 is 0 Å². The lowest BCUT2D eigenvalue weighted by Crippen LogP contribution is -2.15. The van der Waals surface area contributed by atoms with Crippen molar-refractivity contribution in [3.63, 3.8) is 0 Å². The lowest BCUT2D eigenvalue weighted by Gasteiger charge is -2.06. The molecule has 0 atom stereocenters. The Morgan fingerprint density at radius 3 is 2.83 bits per heavy atom. The first-order chi connectivity index (χ1) is 11.5. The normalized spacial score (nSPS) is 11.3. The van der Waals surface area contributed by atoms with E-state index >= 15 is 0 Å². The molecule has 0 spiro atoms. The summed E-state index contributed by atoms with van der Waals surface area (Å²) in [7, 11) is 0. The highest BCUT2D eigenvalue weighted by molar-refractivity contribution is 9.10. The number of benzene rings is 2. The molecule has 2 aromatic heterocycles. The molecule has 1 N–H and O–H groups in total. The highest BCUT2D eigenvalue weighted by atomic mass is 79.9. The van der Waals surface area contributed by atoms with Crippen molar-refractivity contribution in [3.8, 4) is 0 Å². The van der Waals surface area contributed by atoms with E-state index in [0.717, 1.165) is 21.3 Å². The van der Waals surface area contributed by atoms with Crippen LogP contribution < -0.4 is 10.9 Å². The Morgan fingerprint density at radius 1 is 1.17 bits per heavy atom. The molecule has 4 aromatic rings. The van der Waals surface area contributed by atoms with Crippen LogP contribution in [0.4, 0.5) is 10.8 Å². The number of aromatic nitrogens is 3. The van der Waals surface area contributed by atoms with Crippen LogP contribution in [0.2, 0.25) is 0 Å². The predicted octanol–water partition coefficient (Wildman–Crippen LogP) is 4.43. The quantitative estimate of drug-likeness (QED) is 0.540. The molecule has 0 saturated heterocycles. The van der Waals surface area contributed by atoms with Crippen LogP contribution in [0.15, 0.2) is 45.7 Å². The summed E-state index contributed by atoms with van der Waals surface area (Å²) >= 11 is 4.75. The zero-order valence-electron chi connectivity index (χ0n) is 13.0. The van der Waals surface area contributed by atoms with Gasteiger partial charge in [-0.1, -0.05) is 39.4 Å². The van der Waals surface area contributed by atoms with E-state index in [1.54, 1.807) is 6.07 Å². The van der Waals surface area contributed by atoms with Crippen molar-refractivity contribution in [2.24, 2.45) is 0 Å². The van der Waals surface area contributed by atoms with Gasteiger partial charge in [0.15, 0.2) is 0 Å². The second kappa shape index (κ2) is 5.68. The lowest BCUT2D eigenvalue weighted by molar-refractivity contribution is 0.919. The van der Waals surface area contributed by atoms with E-state index in [4.69, 9.17) is 0 Å². The third-order valence-electron chi connectivity index (χ3n) is 3.79. The van der Waals surface area contributed by atoms with Crippen LogP contribution in [0.1, 0.15) is 11.1 Å². The van der Waals surface area contributed by atoms with Crippen LogP contribution in [0.5, 0.6) is 0 Å². The number of nitrogens with zero attached hydrogens (tertiary/aromatic N) is 3. The van der Waals surface area contributed by atoms with Crippen molar-refractivity contribution in [2.45, 2.75) is 13.8 Å². The van der Waals surface area contributed by atoms with E-state index in [2.05, 4.69) is 49.5 Å². The Morgan fingerprint density at radius 2 is 2.00 bits per heavy atom. The second-order valence-electron chi connectivity index (χ2n) is 5.62. The average molecular weight is 401 g/mol. The van der Waals surface area contributed by atoms with Gasteiger partial charge in [0.2, 0.25) is 10.1 Å². The minimum atomic E-state index is -0.165. The maximum atomic E-state index is 12.6. The molecule has 0 aliphatic rings. The topological polar surface area (TPSA) is 59.3 Å². The fraction of sp³-hybridized carbons (Fsp3) is 0.118. The first kappa shape index (κ1) is 15.3. The zero-order chi connectivity index (χ0) is 16.8. The number of halogens is 1. The monoisotopic (exact) mass is 400 g/mol. The van der Waals surface area contributed by atoms with Crippen LogP contribution >= 0.6 is 27.3 Å². The first-order valence-corrected chi connectivity index (χ1v) is 8.95. The number of rotatable bonds is 2. The van der Waals surface area contributed by atoms with Crippen molar-refractivity contribution in [2.75, 3.05) is 5.32 Å². The number of nitrogens with one attached hydrogen (secondary N) is 1. The Labute approximate surface area is 150 Å². The SMILES string of the molecule is Cc1ccc(C)c(Nc2nn3c(=O)c4cc(Br)ccc4nc3s2)c1. The fourth-order valence-corrected chi connectivity index (χ4v) is 3.69. The van der Waals surface area contributed by atoms with Gasteiger partial charge in [0, 0.05) is 10.2 Å². The number of aryl methyl sites for hydroxylation is 2. The molecule has 4 rings (SSSR count). The van der Waals surface area contributed by atoms with E-state index in [0.29, 0.717) is 21.0 Å². The van der Waals surface area contributed by atoms with Gasteiger partial charge in [0.05, 0.1) is 10.9 Å². The van der Waals surface area contributed by atoms with Gasteiger partial charge >= 0.3 is 0 Å². The molecular formula is C17H13BrN4OS. The Balaban J connectivity index is 1.86. The zero-order valence-corrected chi connectivity index (χ0v) is 15.4. The van der Waals surface area contributed by atoms with Gasteiger partial charge in [0.1, 0.15) is 0 Å². The van der Waals surface area contributed by atoms with Crippen LogP contribution in [0.3, 0.4) is 0 Å². The number of fused-ring (bicyclic) bond motifs is 2. The first-order valence-electron chi connectivity index (χ1n) is 7.35. The maximum Gasteiger partial charge on any atom is 0.283 e. The van der Waals surface area contributed by atoms with E-state index in [-0.39, 0.29) is 5.56 Å². The van der Waals surface area contributed by atoms with Crippen molar-refractivity contribution in [3.05, 3.63) is 62.4 Å². The second-order valence-corrected chi connectivity index (χ2v) is 7.50. The molecule has 0 aliphatic carbocycles. The maximum absolute atomic E-state index is 12.6. The highest BCUT2D eigenvalue weighted by Gasteiger charge is 2.12. The Bertz CT molecular complexity index is 1150. The summed E-state index contributed by atoms with van der Waals surface area (Å²) in [5, 5.41) is 8.87. The molecule has 0 unspecified atom stereocenters. The molecule has 0 fully saturated rings. The molecule has 5 nitrogen and oxygen atoms in total. The smallest absolute Gasteiger partial charge is 0.283 e. The number of hydrogen-bond donors (Lipinski definition) is 1. The molecule has 0 bridgehead atoms. The molecule has 24 heavy (non-hydrogen) atoms. The summed E-state index contributed by atoms with van der Waals surface area (Å²) in [5.74, 6) is 0. The summed E-state index contributed by atoms with van der Waals surface area (Å²) in [5.41, 5.74) is 3.77. The predicted molar refractivity (Wildman–Crippen MR) is 102 cm³/mol. The molecule has 120 valence electrons. The van der Waals surface area contributed by atoms with Gasteiger partial charge in [-0.15, -0.1) is 5.10 Å². The van der Waals surface area contributed by atoms with Gasteiger partial charge in [-0.05, 0) is 49.2 Å². The molecule has 2 heterocycles. The minimum absolute atomic E-state index is 0.165. The van der Waals surface area contributed by atoms with Crippen LogP contribution in [-0.2, 0) is 0 Å². The van der Waals surface area contributed by atoms with Gasteiger partial charge in [-0.25, -0.2) is 4.98 Å². The highest BCUT2D eigenvalue weighted by Crippen LogP contribution is 2.26. The Hall–Kier alpha value is -2.25. The van der Waals surface area contributed by atoms with E-state index in [9.17, 15) is 4.79 Å². The van der Waals surface area contributed by atoms with E-state index in [1.165, 1.54) is 15.9 Å². The Kier molecular flexibility index (Phi) is 3.62. The van der Waals surface area contributed by atoms with Gasteiger partial charge in [-0.2, -0.15) is 4.52 Å². The molecule has 0 amide bonds. The molecule has 2 aromatic carbocycles. The van der Waals surface area contributed by atoms with Crippen molar-refractivity contribution >= 4 is 53.9 Å². The van der Waals surface area contributed by atoms with Crippen LogP contribution in [-0.4, -0.2) is 14.6 Å². The summed E-state index contributed by atoms with van der Waals surface area (Å²) < 4.78 is 2.20. The molecule has 7 heteroatoms. The van der Waals surface area contributed by atoms with Crippen molar-refractivity contribution in [1.29, 1.82) is 0 Å². The van der Waals surface area contributed by atoms with Gasteiger partial charge in [-0.3, -0.25) is 4.79 Å². The van der Waals surface area contributed by atoms with Crippen molar-refractivity contribution < 1.29 is 0 Å². The summed E-state index contributed by atoms with van der Waals surface area (Å²) in [6, 6.07) is 11.7. The van der Waals surface area contributed by atoms with Gasteiger partial charge < -0.3 is 5.32 Å². The van der Waals surface area contributed by atoms with Crippen molar-refractivity contribution in [1.82, 2.24) is 14.6 Å². The number of anilines is 2. The van der Waals surface area contributed by atoms with E-state index in [1.807, 2.05) is 26.0 Å². The molecule has 0 saturated carbocycles. The summed E-state index contributed by atoms with van der Waals surface area (Å²) in [4.78, 5) is 17.8. The third-order valence-corrected chi connectivity index (χ3v) is 5.11. The average Bonchev–Trinajstić information content (AvgIpc) is 2.95. The largest absolute Gasteiger partial charge is 0.330 e. The number of hydrogen-bond acceptors (Lipinski definition) is 5. The molecule has 0 radical (unpaired) electrons. The standard InChI is InChI=1S/C17H13BrN4OS/c1-9-3-4-10(2)14(7-9)19-16-21-22-15(23)12-8-11(18)5-6-13(12)20-17(22)24-16/h3-8H,1-2H3,(H,19,21). The van der Waals surface area contributed by atoms with Crippen LogP contribution in [0, 0.1) is 13.8 Å². The molecule has 0 aliphatic heterocycles. The van der Waals surface area contributed by atoms with Crippen LogP contribution in [0.25, 0.3) is 15.9 Å².